The number of carbonyl (C=O) groups is 8. The van der Waals surface area contributed by atoms with Crippen LogP contribution in [0.15, 0.2) is 0 Å². The normalized spacial score (nSPS) is 16.1. The van der Waals surface area contributed by atoms with Gasteiger partial charge in [0.25, 0.3) is 0 Å². The van der Waals surface area contributed by atoms with E-state index in [1.165, 1.54) is 167 Å². The zero-order valence-electron chi connectivity index (χ0n) is 88.9. The molecule has 0 radical (unpaired) electrons. The van der Waals surface area contributed by atoms with Gasteiger partial charge in [0.1, 0.15) is 42.7 Å². The summed E-state index contributed by atoms with van der Waals surface area (Å²) in [6.45, 7) is 28.1. The molecule has 21 heteroatoms. The van der Waals surface area contributed by atoms with Crippen molar-refractivity contribution in [3.05, 3.63) is 0 Å². The van der Waals surface area contributed by atoms with Crippen LogP contribution in [-0.2, 0) is 80.7 Å². The lowest BCUT2D eigenvalue weighted by Gasteiger charge is -2.47. The Labute approximate surface area is 818 Å². The van der Waals surface area contributed by atoms with Crippen LogP contribution < -0.4 is 16.0 Å². The Hall–Kier alpha value is -4.18. The van der Waals surface area contributed by atoms with Crippen molar-refractivity contribution in [3.63, 3.8) is 0 Å². The number of carbonyl (C=O) groups excluding carboxylic acids is 8. The third-order valence-electron chi connectivity index (χ3n) is 27.4. The van der Waals surface area contributed by atoms with Crippen LogP contribution in [0.1, 0.15) is 564 Å². The predicted molar refractivity (Wildman–Crippen MR) is 551 cm³/mol. The van der Waals surface area contributed by atoms with Crippen LogP contribution in [0.4, 0.5) is 0 Å². The summed E-state index contributed by atoms with van der Waals surface area (Å²) in [4.78, 5) is 115. The summed E-state index contributed by atoms with van der Waals surface area (Å²) in [5.74, 6) is -3.13. The Kier molecular flexibility index (Phi) is 85.0. The van der Waals surface area contributed by atoms with Crippen LogP contribution >= 0.6 is 0 Å². The zero-order chi connectivity index (χ0) is 97.6. The van der Waals surface area contributed by atoms with Gasteiger partial charge in [-0.05, 0) is 95.2 Å². The van der Waals surface area contributed by atoms with E-state index in [1.54, 1.807) is 0 Å². The minimum Gasteiger partial charge on any atom is -0.462 e. The molecule has 1 aliphatic heterocycles. The molecule has 1 rings (SSSR count). The Morgan fingerprint density at radius 1 is 0.293 bits per heavy atom. The molecule has 133 heavy (non-hydrogen) atoms. The maximum absolute atomic E-state index is 15.7. The molecule has 1 heterocycles. The molecule has 0 aromatic carbocycles. The zero-order valence-corrected chi connectivity index (χ0v) is 89.9. The van der Waals surface area contributed by atoms with E-state index in [9.17, 15) is 28.8 Å². The second-order valence-corrected chi connectivity index (χ2v) is 46.1. The van der Waals surface area contributed by atoms with Gasteiger partial charge in [-0.2, -0.15) is 0 Å². The fourth-order valence-electron chi connectivity index (χ4n) is 17.8. The van der Waals surface area contributed by atoms with E-state index < -0.39 is 75.3 Å². The number of nitrogens with one attached hydrogen (secondary N) is 3. The average Bonchev–Trinajstić information content (AvgIpc) is 0.779. The summed E-state index contributed by atoms with van der Waals surface area (Å²) >= 11 is 0. The van der Waals surface area contributed by atoms with Crippen molar-refractivity contribution < 1.29 is 80.7 Å². The van der Waals surface area contributed by atoms with Crippen molar-refractivity contribution in [1.29, 1.82) is 0 Å². The van der Waals surface area contributed by atoms with Crippen LogP contribution in [0.2, 0.25) is 18.1 Å². The van der Waals surface area contributed by atoms with Gasteiger partial charge in [-0.1, -0.05) is 436 Å². The summed E-state index contributed by atoms with van der Waals surface area (Å²) < 4.78 is 60.3. The lowest BCUT2D eigenvalue weighted by Crippen LogP contribution is -2.67. The van der Waals surface area contributed by atoms with Gasteiger partial charge in [0.15, 0.2) is 20.7 Å². The monoisotopic (exact) mass is 1900 g/mol. The molecule has 0 spiro atoms. The van der Waals surface area contributed by atoms with Crippen molar-refractivity contribution in [3.8, 4) is 0 Å². The SMILES string of the molecule is CCCCCCCCCCC[C@H](CC(=O)NCCO[C@H]1O[C@H](CO[Si](C)(C)C(C)(C)C)[C@@H](OCCNC(=O)C[C@@H](CCCCCCCCCCC)OC(=O)CCCCCCCCC)[C@H](OC(=O)C[C@@H](CCCCCCCCCCC)OC(=O)CCCCCCCCC)[C@@H]1NC(=O)C[C@@H](CCCCCCCCCCC)OC(=O)CCCCCCCCC)OC(=O)CCCCCCCCC. The van der Waals surface area contributed by atoms with Crippen molar-refractivity contribution in [2.75, 3.05) is 32.9 Å². The molecule has 0 saturated carbocycles. The van der Waals surface area contributed by atoms with E-state index in [-0.39, 0.29) is 112 Å². The van der Waals surface area contributed by atoms with Gasteiger partial charge in [-0.25, -0.2) is 0 Å². The molecule has 0 aromatic rings. The highest BCUT2D eigenvalue weighted by molar-refractivity contribution is 6.74. The molecular weight excluding hydrogens is 1690 g/mol. The second-order valence-electron chi connectivity index (χ2n) is 41.3. The molecule has 0 unspecified atom stereocenters. The number of ether oxygens (including phenoxy) is 8. The van der Waals surface area contributed by atoms with Crippen molar-refractivity contribution in [2.45, 2.75) is 637 Å². The summed E-state index contributed by atoms with van der Waals surface area (Å²) in [5, 5.41) is 9.14. The molecular formula is C112H213N3O17Si. The molecule has 3 amide bonds. The van der Waals surface area contributed by atoms with Crippen LogP contribution in [0, 0.1) is 0 Å². The number of amides is 3. The van der Waals surface area contributed by atoms with E-state index in [4.69, 9.17) is 42.3 Å². The van der Waals surface area contributed by atoms with Gasteiger partial charge < -0.3 is 58.3 Å². The van der Waals surface area contributed by atoms with Crippen LogP contribution in [0.5, 0.6) is 0 Å². The Balaban J connectivity index is 4.35. The minimum atomic E-state index is -2.64. The molecule has 20 nitrogen and oxygen atoms in total. The number of hydrogen-bond donors (Lipinski definition) is 3. The maximum Gasteiger partial charge on any atom is 0.310 e. The maximum atomic E-state index is 15.7. The topological polar surface area (TPSA) is 256 Å². The average molecular weight is 1900 g/mol. The number of hydrogen-bond acceptors (Lipinski definition) is 17. The third-order valence-corrected chi connectivity index (χ3v) is 31.9. The first-order chi connectivity index (χ1) is 64.5. The van der Waals surface area contributed by atoms with Crippen molar-refractivity contribution in [1.82, 2.24) is 16.0 Å². The van der Waals surface area contributed by atoms with Crippen LogP contribution in [0.25, 0.3) is 0 Å². The van der Waals surface area contributed by atoms with Gasteiger partial charge in [0.2, 0.25) is 17.7 Å². The number of unbranched alkanes of at least 4 members (excludes halogenated alkanes) is 56. The third kappa shape index (κ3) is 74.5. The van der Waals surface area contributed by atoms with Crippen molar-refractivity contribution in [2.24, 2.45) is 0 Å². The molecule has 1 fully saturated rings. The highest BCUT2D eigenvalue weighted by atomic mass is 28.4. The summed E-state index contributed by atoms with van der Waals surface area (Å²) in [7, 11) is -2.64. The van der Waals surface area contributed by atoms with Crippen LogP contribution in [0.3, 0.4) is 0 Å². The summed E-state index contributed by atoms with van der Waals surface area (Å²) in [5.41, 5.74) is 0. The van der Waals surface area contributed by atoms with Gasteiger partial charge in [-0.3, -0.25) is 38.4 Å². The summed E-state index contributed by atoms with van der Waals surface area (Å²) in [6, 6.07) is -1.32. The van der Waals surface area contributed by atoms with Gasteiger partial charge in [0.05, 0.1) is 45.5 Å². The standard InChI is InChI=1S/C112H213N3O17Si/c1-14-22-30-38-46-50-58-62-70-78-95(127-103(119)82-74-66-54-42-34-26-18-5)90-100(116)113-86-88-124-109-99(94-126-133(12,13)112(9,10)11)131-111(125-89-87-114-101(117)91-96(79-71-63-59-51-47-39-31-23-15-2)128-104(120)83-75-67-55-43-35-27-19-6)108(115-102(118)92-97(80-72-64-60-52-48-40-32-24-16-3)129-105(121)84-76-68-56-44-36-28-20-7)110(109)132-107(123)93-98(81-73-65-61-53-49-41-33-25-17-4)130-106(122)85-77-69-57-45-37-29-21-8/h95-99,108-111H,14-94H2,1-13H3,(H,113,116)(H,114,117)(H,115,118)/t95-,96-,97-,98-,99-,108+,109-,110-,111+/m1/s1. The minimum absolute atomic E-state index is 0.00208. The molecule has 0 aliphatic carbocycles. The van der Waals surface area contributed by atoms with E-state index in [0.717, 1.165) is 231 Å². The van der Waals surface area contributed by atoms with E-state index >= 15 is 9.59 Å². The molecule has 782 valence electrons. The highest BCUT2D eigenvalue weighted by Gasteiger charge is 2.52. The Bertz CT molecular complexity index is 2750. The van der Waals surface area contributed by atoms with Crippen LogP contribution in [-0.4, -0.2) is 144 Å². The molecule has 3 N–H and O–H groups in total. The summed E-state index contributed by atoms with van der Waals surface area (Å²) in [6.07, 6.45) is 63.8. The fourth-order valence-corrected chi connectivity index (χ4v) is 18.8. The predicted octanol–water partition coefficient (Wildman–Crippen LogP) is 30.2. The van der Waals surface area contributed by atoms with Gasteiger partial charge >= 0.3 is 29.8 Å². The Morgan fingerprint density at radius 2 is 0.534 bits per heavy atom. The molecule has 0 bridgehead atoms. The second kappa shape index (κ2) is 89.2. The fraction of sp³-hybridized carbons (Fsp3) is 0.929. The van der Waals surface area contributed by atoms with Gasteiger partial charge in [0, 0.05) is 38.8 Å². The quantitative estimate of drug-likeness (QED) is 0.0221. The molecule has 0 aromatic heterocycles. The van der Waals surface area contributed by atoms with E-state index in [0.29, 0.717) is 51.4 Å². The smallest absolute Gasteiger partial charge is 0.310 e. The van der Waals surface area contributed by atoms with Gasteiger partial charge in [-0.15, -0.1) is 0 Å². The first-order valence-corrected chi connectivity index (χ1v) is 59.7. The van der Waals surface area contributed by atoms with E-state index in [1.807, 2.05) is 0 Å². The first-order valence-electron chi connectivity index (χ1n) is 56.8. The molecule has 1 aliphatic rings. The molecule has 9 atom stereocenters. The Morgan fingerprint density at radius 3 is 0.805 bits per heavy atom. The number of rotatable bonds is 97. The number of esters is 5. The highest BCUT2D eigenvalue weighted by Crippen LogP contribution is 2.38. The van der Waals surface area contributed by atoms with Crippen molar-refractivity contribution >= 4 is 55.9 Å². The lowest BCUT2D eigenvalue weighted by atomic mass is 9.95. The van der Waals surface area contributed by atoms with E-state index in [2.05, 4.69) is 105 Å². The first kappa shape index (κ1) is 127. The molecule has 1 saturated heterocycles. The lowest BCUT2D eigenvalue weighted by molar-refractivity contribution is -0.280. The largest absolute Gasteiger partial charge is 0.462 e.